The van der Waals surface area contributed by atoms with Gasteiger partial charge in [-0.2, -0.15) is 0 Å². The highest BCUT2D eigenvalue weighted by Crippen LogP contribution is 1.92. The predicted molar refractivity (Wildman–Crippen MR) is 88.1 cm³/mol. The highest BCUT2D eigenvalue weighted by molar-refractivity contribution is 5.91. The lowest BCUT2D eigenvalue weighted by Crippen LogP contribution is -2.23. The van der Waals surface area contributed by atoms with E-state index in [0.29, 0.717) is 18.8 Å². The molecule has 0 saturated carbocycles. The van der Waals surface area contributed by atoms with Crippen molar-refractivity contribution in [1.29, 1.82) is 0 Å². The minimum absolute atomic E-state index is 0.193. The van der Waals surface area contributed by atoms with Gasteiger partial charge < -0.3 is 20.5 Å². The molecule has 0 aromatic rings. The van der Waals surface area contributed by atoms with Gasteiger partial charge in [-0.05, 0) is 18.9 Å². The Labute approximate surface area is 133 Å². The van der Waals surface area contributed by atoms with Crippen LogP contribution in [0, 0.1) is 0 Å². The highest BCUT2D eigenvalue weighted by Gasteiger charge is 1.99. The number of nitrogens with two attached hydrogens (primary N) is 1. The van der Waals surface area contributed by atoms with Crippen LogP contribution in [0.2, 0.25) is 0 Å². The molecule has 0 heterocycles. The summed E-state index contributed by atoms with van der Waals surface area (Å²) in [5, 5.41) is 2.51. The van der Waals surface area contributed by atoms with Gasteiger partial charge in [0.05, 0.1) is 6.61 Å². The molecular weight excluding hydrogens is 284 g/mol. The number of nitrogens with one attached hydrogen (secondary N) is 1. The van der Waals surface area contributed by atoms with E-state index in [1.165, 1.54) is 6.08 Å². The third-order valence-corrected chi connectivity index (χ3v) is 2.44. The third kappa shape index (κ3) is 18.3. The fraction of sp³-hybridized carbons (Fsp3) is 0.625. The molecule has 0 radical (unpaired) electrons. The molecule has 6 nitrogen and oxygen atoms in total. The molecule has 0 rings (SSSR count). The lowest BCUT2D eigenvalue weighted by molar-refractivity contribution is -0.118. The van der Waals surface area contributed by atoms with Gasteiger partial charge in [-0.1, -0.05) is 39.8 Å². The lowest BCUT2D eigenvalue weighted by Gasteiger charge is -2.02. The Hall–Kier alpha value is -1.66. The molecule has 22 heavy (non-hydrogen) atoms. The van der Waals surface area contributed by atoms with Crippen LogP contribution in [-0.2, 0) is 19.1 Å². The lowest BCUT2D eigenvalue weighted by atomic mass is 10.3. The van der Waals surface area contributed by atoms with E-state index in [9.17, 15) is 9.59 Å². The topological polar surface area (TPSA) is 90.7 Å². The summed E-state index contributed by atoms with van der Waals surface area (Å²) in [6.07, 6.45) is 5.46. The quantitative estimate of drug-likeness (QED) is 0.327. The Morgan fingerprint density at radius 2 is 1.68 bits per heavy atom. The number of unbranched alkanes of at least 4 members (excludes halogenated alkanes) is 2. The summed E-state index contributed by atoms with van der Waals surface area (Å²) in [4.78, 5) is 20.9. The molecule has 0 fully saturated rings. The first-order valence-corrected chi connectivity index (χ1v) is 7.52. The molecule has 0 aromatic heterocycles. The zero-order chi connectivity index (χ0) is 17.2. The van der Waals surface area contributed by atoms with E-state index in [-0.39, 0.29) is 19.2 Å². The van der Waals surface area contributed by atoms with Crippen LogP contribution >= 0.6 is 0 Å². The van der Waals surface area contributed by atoms with Crippen LogP contribution in [0.5, 0.6) is 0 Å². The molecular formula is C16H30N2O4. The van der Waals surface area contributed by atoms with Crippen LogP contribution in [0.25, 0.3) is 0 Å². The van der Waals surface area contributed by atoms with Crippen molar-refractivity contribution in [3.63, 3.8) is 0 Å². The smallest absolute Gasteiger partial charge is 0.246 e. The zero-order valence-corrected chi connectivity index (χ0v) is 13.9. The van der Waals surface area contributed by atoms with Crippen molar-refractivity contribution < 1.29 is 19.1 Å². The van der Waals surface area contributed by atoms with Crippen LogP contribution in [0.4, 0.5) is 0 Å². The number of rotatable bonds is 12. The summed E-state index contributed by atoms with van der Waals surface area (Å²) >= 11 is 0. The van der Waals surface area contributed by atoms with Gasteiger partial charge in [0.25, 0.3) is 0 Å². The summed E-state index contributed by atoms with van der Waals surface area (Å²) in [5.74, 6) is -0.678. The molecule has 0 atom stereocenters. The molecule has 0 aliphatic rings. The van der Waals surface area contributed by atoms with Gasteiger partial charge in [0.2, 0.25) is 11.8 Å². The van der Waals surface area contributed by atoms with Gasteiger partial charge in [0.1, 0.15) is 6.73 Å². The average molecular weight is 314 g/mol. The van der Waals surface area contributed by atoms with Crippen LogP contribution in [0.1, 0.15) is 39.5 Å². The number of carbonyl (C=O) groups excluding carboxylic acids is 2. The van der Waals surface area contributed by atoms with Gasteiger partial charge in [-0.25, -0.2) is 0 Å². The minimum atomic E-state index is -0.485. The Bertz CT molecular complexity index is 328. The van der Waals surface area contributed by atoms with Crippen molar-refractivity contribution in [2.45, 2.75) is 39.5 Å². The van der Waals surface area contributed by atoms with Crippen LogP contribution in [-0.4, -0.2) is 38.4 Å². The first-order chi connectivity index (χ1) is 10.5. The summed E-state index contributed by atoms with van der Waals surface area (Å²) in [5.41, 5.74) is 5.27. The number of ether oxygens (including phenoxy) is 2. The molecule has 0 spiro atoms. The highest BCUT2D eigenvalue weighted by atomic mass is 16.5. The fourth-order valence-electron chi connectivity index (χ4n) is 1.03. The maximum atomic E-state index is 10.5. The van der Waals surface area contributed by atoms with Crippen molar-refractivity contribution in [3.05, 3.63) is 24.8 Å². The molecule has 0 aromatic carbocycles. The Kier molecular flexibility index (Phi) is 17.9. The van der Waals surface area contributed by atoms with Gasteiger partial charge in [0.15, 0.2) is 0 Å². The SMILES string of the molecule is C=C(COCCCC)C(N)=O.C=CC(=O)NCOCCCC. The number of amides is 2. The standard InChI is InChI=1S/2C8H15NO2/c1-3-4-5-11-6-7(2)8(9)10;1-3-5-6-11-7-9-8(10)4-2/h2-6H2,1H3,(H2,9,10);4H,2-3,5-7H2,1H3,(H,9,10). The Morgan fingerprint density at radius 3 is 2.14 bits per heavy atom. The molecule has 3 N–H and O–H groups in total. The fourth-order valence-corrected chi connectivity index (χ4v) is 1.03. The van der Waals surface area contributed by atoms with Crippen LogP contribution in [0.15, 0.2) is 24.8 Å². The zero-order valence-electron chi connectivity index (χ0n) is 13.9. The summed E-state index contributed by atoms with van der Waals surface area (Å²) in [7, 11) is 0. The normalized spacial score (nSPS) is 9.36. The number of hydrogen-bond donors (Lipinski definition) is 2. The van der Waals surface area contributed by atoms with E-state index in [0.717, 1.165) is 25.7 Å². The van der Waals surface area contributed by atoms with Crippen LogP contribution in [0.3, 0.4) is 0 Å². The second-order valence-electron chi connectivity index (χ2n) is 4.53. The van der Waals surface area contributed by atoms with E-state index in [1.807, 2.05) is 0 Å². The number of primary amides is 1. The average Bonchev–Trinajstić information content (AvgIpc) is 2.51. The molecule has 0 bridgehead atoms. The summed E-state index contributed by atoms with van der Waals surface area (Å²) in [6, 6.07) is 0. The molecule has 0 unspecified atom stereocenters. The molecule has 0 saturated heterocycles. The third-order valence-electron chi connectivity index (χ3n) is 2.44. The van der Waals surface area contributed by atoms with Gasteiger partial charge >= 0.3 is 0 Å². The van der Waals surface area contributed by atoms with Crippen molar-refractivity contribution >= 4 is 11.8 Å². The monoisotopic (exact) mass is 314 g/mol. The van der Waals surface area contributed by atoms with E-state index in [1.54, 1.807) is 0 Å². The van der Waals surface area contributed by atoms with Crippen molar-refractivity contribution in [1.82, 2.24) is 5.32 Å². The first kappa shape index (κ1) is 22.6. The second-order valence-corrected chi connectivity index (χ2v) is 4.53. The summed E-state index contributed by atoms with van der Waals surface area (Å²) in [6.45, 7) is 12.8. The Morgan fingerprint density at radius 1 is 1.14 bits per heavy atom. The first-order valence-electron chi connectivity index (χ1n) is 7.52. The van der Waals surface area contributed by atoms with Crippen molar-refractivity contribution in [2.24, 2.45) is 5.73 Å². The van der Waals surface area contributed by atoms with Gasteiger partial charge in [-0.3, -0.25) is 9.59 Å². The van der Waals surface area contributed by atoms with Crippen LogP contribution < -0.4 is 11.1 Å². The Balaban J connectivity index is 0. The van der Waals surface area contributed by atoms with E-state index >= 15 is 0 Å². The molecule has 0 aliphatic carbocycles. The molecule has 6 heteroatoms. The summed E-state index contributed by atoms with van der Waals surface area (Å²) < 4.78 is 10.2. The number of carbonyl (C=O) groups is 2. The second kappa shape index (κ2) is 17.4. The largest absolute Gasteiger partial charge is 0.377 e. The van der Waals surface area contributed by atoms with Gasteiger partial charge in [0, 0.05) is 18.8 Å². The van der Waals surface area contributed by atoms with Crippen molar-refractivity contribution in [3.8, 4) is 0 Å². The van der Waals surface area contributed by atoms with E-state index in [2.05, 4.69) is 32.3 Å². The molecule has 2 amide bonds. The predicted octanol–water partition coefficient (Wildman–Crippen LogP) is 1.91. The molecule has 128 valence electrons. The van der Waals surface area contributed by atoms with Gasteiger partial charge in [-0.15, -0.1) is 0 Å². The van der Waals surface area contributed by atoms with E-state index < -0.39 is 5.91 Å². The van der Waals surface area contributed by atoms with E-state index in [4.69, 9.17) is 15.2 Å². The minimum Gasteiger partial charge on any atom is -0.377 e. The maximum absolute atomic E-state index is 10.5. The molecule has 0 aliphatic heterocycles. The maximum Gasteiger partial charge on any atom is 0.246 e. The van der Waals surface area contributed by atoms with Crippen molar-refractivity contribution in [2.75, 3.05) is 26.6 Å². The number of hydrogen-bond acceptors (Lipinski definition) is 4.